The van der Waals surface area contributed by atoms with Gasteiger partial charge in [0.05, 0.1) is 11.6 Å². The number of anilines is 1. The van der Waals surface area contributed by atoms with E-state index in [1.165, 1.54) is 11.0 Å². The Morgan fingerprint density at radius 2 is 1.81 bits per heavy atom. The number of primary amides is 1. The molecule has 10 heteroatoms. The summed E-state index contributed by atoms with van der Waals surface area (Å²) in [6.45, 7) is 0. The van der Waals surface area contributed by atoms with Crippen molar-refractivity contribution >= 4 is 28.9 Å². The molecule has 0 aliphatic heterocycles. The molecule has 0 heterocycles. The van der Waals surface area contributed by atoms with Crippen LogP contribution in [0.2, 0.25) is 0 Å². The SMILES string of the molecule is CN(C)[C@H]1C(=O)C(C(N)=O)=C(O)[C@]2(O)C(=O)C3=C(O)c4c(O)ccc(-c5cccc(N)c5)c4C[C@H]3C[C@H]12. The monoisotopic (exact) mass is 505 g/mol. The third kappa shape index (κ3) is 3.29. The summed E-state index contributed by atoms with van der Waals surface area (Å²) in [5.41, 5.74) is 10.2. The molecule has 1 saturated carbocycles. The van der Waals surface area contributed by atoms with Gasteiger partial charge in [0, 0.05) is 17.2 Å². The fourth-order valence-electron chi connectivity index (χ4n) is 6.22. The molecule has 4 atom stereocenters. The van der Waals surface area contributed by atoms with Gasteiger partial charge in [-0.25, -0.2) is 0 Å². The van der Waals surface area contributed by atoms with Gasteiger partial charge in [-0.05, 0) is 67.7 Å². The minimum atomic E-state index is -2.66. The summed E-state index contributed by atoms with van der Waals surface area (Å²) in [4.78, 5) is 40.6. The molecule has 2 aromatic carbocycles. The van der Waals surface area contributed by atoms with E-state index in [1.807, 2.05) is 6.07 Å². The predicted molar refractivity (Wildman–Crippen MR) is 134 cm³/mol. The van der Waals surface area contributed by atoms with Gasteiger partial charge in [0.25, 0.3) is 5.91 Å². The summed E-state index contributed by atoms with van der Waals surface area (Å²) in [6, 6.07) is 9.05. The maximum Gasteiger partial charge on any atom is 0.255 e. The molecule has 3 aliphatic rings. The van der Waals surface area contributed by atoms with Gasteiger partial charge >= 0.3 is 0 Å². The first-order valence-electron chi connectivity index (χ1n) is 11.7. The van der Waals surface area contributed by atoms with Crippen LogP contribution < -0.4 is 11.5 Å². The van der Waals surface area contributed by atoms with E-state index in [-0.39, 0.29) is 29.7 Å². The number of ketones is 2. The first-order valence-corrected chi connectivity index (χ1v) is 11.7. The molecule has 8 N–H and O–H groups in total. The van der Waals surface area contributed by atoms with Gasteiger partial charge < -0.3 is 31.9 Å². The van der Waals surface area contributed by atoms with Gasteiger partial charge in [0.1, 0.15) is 22.8 Å². The normalized spacial score (nSPS) is 27.2. The molecule has 0 unspecified atom stereocenters. The number of phenols is 1. The van der Waals surface area contributed by atoms with Crippen LogP contribution in [-0.2, 0) is 20.8 Å². The number of nitrogens with two attached hydrogens (primary N) is 2. The van der Waals surface area contributed by atoms with Crippen molar-refractivity contribution in [2.24, 2.45) is 17.6 Å². The highest BCUT2D eigenvalue weighted by atomic mass is 16.3. The fraction of sp³-hybridized carbons (Fsp3) is 0.296. The number of aromatic hydroxyl groups is 1. The van der Waals surface area contributed by atoms with E-state index < -0.39 is 58.0 Å². The largest absolute Gasteiger partial charge is 0.508 e. The fourth-order valence-corrected chi connectivity index (χ4v) is 6.22. The van der Waals surface area contributed by atoms with Crippen LogP contribution in [0.1, 0.15) is 17.5 Å². The summed E-state index contributed by atoms with van der Waals surface area (Å²) >= 11 is 0. The summed E-state index contributed by atoms with van der Waals surface area (Å²) in [6.07, 6.45) is 0.227. The van der Waals surface area contributed by atoms with E-state index in [0.717, 1.165) is 5.56 Å². The summed E-state index contributed by atoms with van der Waals surface area (Å²) in [5.74, 6) is -6.78. The molecule has 1 fully saturated rings. The highest BCUT2D eigenvalue weighted by molar-refractivity contribution is 6.24. The van der Waals surface area contributed by atoms with Crippen molar-refractivity contribution in [3.05, 3.63) is 64.4 Å². The Kier molecular flexibility index (Phi) is 5.43. The Labute approximate surface area is 212 Å². The van der Waals surface area contributed by atoms with Gasteiger partial charge in [-0.1, -0.05) is 18.2 Å². The number of hydrogen-bond acceptors (Lipinski definition) is 9. The van der Waals surface area contributed by atoms with Gasteiger partial charge in [-0.15, -0.1) is 0 Å². The van der Waals surface area contributed by atoms with Crippen LogP contribution in [-0.4, -0.2) is 68.5 Å². The van der Waals surface area contributed by atoms with Gasteiger partial charge in [0.2, 0.25) is 5.78 Å². The van der Waals surface area contributed by atoms with Gasteiger partial charge in [-0.2, -0.15) is 0 Å². The molecule has 192 valence electrons. The summed E-state index contributed by atoms with van der Waals surface area (Å²) in [5, 5.41) is 44.5. The van der Waals surface area contributed by atoms with Crippen LogP contribution in [0.15, 0.2) is 53.3 Å². The number of carbonyl (C=O) groups excluding carboxylic acids is 3. The number of carbonyl (C=O) groups is 3. The zero-order valence-corrected chi connectivity index (χ0v) is 20.2. The Balaban J connectivity index is 1.75. The lowest BCUT2D eigenvalue weighted by Gasteiger charge is -2.50. The van der Waals surface area contributed by atoms with E-state index in [0.29, 0.717) is 16.8 Å². The quantitative estimate of drug-likeness (QED) is 0.263. The molecule has 0 aromatic heterocycles. The Morgan fingerprint density at radius 3 is 2.43 bits per heavy atom. The molecule has 3 aliphatic carbocycles. The van der Waals surface area contributed by atoms with Crippen molar-refractivity contribution in [2.45, 2.75) is 24.5 Å². The van der Waals surface area contributed by atoms with Crippen LogP contribution in [0.4, 0.5) is 5.69 Å². The molecule has 2 aromatic rings. The van der Waals surface area contributed by atoms with Crippen molar-refractivity contribution < 1.29 is 34.8 Å². The van der Waals surface area contributed by atoms with Crippen LogP contribution >= 0.6 is 0 Å². The molecule has 10 nitrogen and oxygen atoms in total. The Bertz CT molecular complexity index is 1460. The van der Waals surface area contributed by atoms with E-state index >= 15 is 0 Å². The average molecular weight is 506 g/mol. The topological polar surface area (TPSA) is 187 Å². The van der Waals surface area contributed by atoms with E-state index in [9.17, 15) is 34.8 Å². The van der Waals surface area contributed by atoms with E-state index in [1.54, 1.807) is 38.4 Å². The van der Waals surface area contributed by atoms with Crippen LogP contribution in [0.3, 0.4) is 0 Å². The predicted octanol–water partition coefficient (Wildman–Crippen LogP) is 1.21. The Hall–Kier alpha value is -4.15. The minimum absolute atomic E-state index is 0.0256. The number of rotatable bonds is 3. The third-order valence-electron chi connectivity index (χ3n) is 7.80. The van der Waals surface area contributed by atoms with Gasteiger partial charge in [-0.3, -0.25) is 19.3 Å². The number of likely N-dealkylation sites (N-methyl/N-ethyl adjacent to an activating group) is 1. The second-order valence-corrected chi connectivity index (χ2v) is 10.1. The van der Waals surface area contributed by atoms with Crippen LogP contribution in [0.5, 0.6) is 5.75 Å². The molecule has 1 amide bonds. The molecule has 5 rings (SSSR count). The smallest absolute Gasteiger partial charge is 0.255 e. The minimum Gasteiger partial charge on any atom is -0.508 e. The van der Waals surface area contributed by atoms with Crippen molar-refractivity contribution in [2.75, 3.05) is 19.8 Å². The zero-order chi connectivity index (χ0) is 27.0. The second kappa shape index (κ2) is 8.19. The van der Waals surface area contributed by atoms with Crippen molar-refractivity contribution in [1.82, 2.24) is 4.90 Å². The highest BCUT2D eigenvalue weighted by Gasteiger charge is 2.64. The maximum absolute atomic E-state index is 13.9. The highest BCUT2D eigenvalue weighted by Crippen LogP contribution is 2.53. The molecule has 0 saturated heterocycles. The van der Waals surface area contributed by atoms with E-state index in [4.69, 9.17) is 11.5 Å². The molecule has 37 heavy (non-hydrogen) atoms. The van der Waals surface area contributed by atoms with Gasteiger partial charge in [0.15, 0.2) is 11.4 Å². The number of hydrogen-bond donors (Lipinski definition) is 6. The molecular formula is C27H27N3O7. The average Bonchev–Trinajstić information content (AvgIpc) is 2.81. The molecule has 0 radical (unpaired) electrons. The molecular weight excluding hydrogens is 478 g/mol. The summed E-state index contributed by atoms with van der Waals surface area (Å²) in [7, 11) is 3.12. The number of nitrogens with zero attached hydrogens (tertiary/aromatic N) is 1. The lowest BCUT2D eigenvalue weighted by atomic mass is 9.57. The number of amides is 1. The summed E-state index contributed by atoms with van der Waals surface area (Å²) < 4.78 is 0. The van der Waals surface area contributed by atoms with E-state index in [2.05, 4.69) is 0 Å². The number of aliphatic hydroxyl groups is 3. The van der Waals surface area contributed by atoms with Crippen LogP contribution in [0, 0.1) is 11.8 Å². The zero-order valence-electron chi connectivity index (χ0n) is 20.2. The van der Waals surface area contributed by atoms with Crippen LogP contribution in [0.25, 0.3) is 16.9 Å². The Morgan fingerprint density at radius 1 is 1.11 bits per heavy atom. The number of phenolic OH excluding ortho intramolecular Hbond substituents is 1. The lowest BCUT2D eigenvalue weighted by molar-refractivity contribution is -0.153. The number of nitrogen functional groups attached to an aromatic ring is 1. The third-order valence-corrected chi connectivity index (χ3v) is 7.80. The second-order valence-electron chi connectivity index (χ2n) is 10.1. The first-order chi connectivity index (χ1) is 17.4. The molecule has 0 bridgehead atoms. The number of Topliss-reactive ketones (excluding diaryl/α,β-unsaturated/α-hetero) is 2. The maximum atomic E-state index is 13.9. The molecule has 0 spiro atoms. The van der Waals surface area contributed by atoms with Crippen molar-refractivity contribution in [3.8, 4) is 16.9 Å². The number of fused-ring (bicyclic) bond motifs is 3. The van der Waals surface area contributed by atoms with Crippen molar-refractivity contribution in [3.63, 3.8) is 0 Å². The number of aliphatic hydroxyl groups excluding tert-OH is 2. The lowest BCUT2D eigenvalue weighted by Crippen LogP contribution is -2.65. The van der Waals surface area contributed by atoms with Crippen molar-refractivity contribution in [1.29, 1.82) is 0 Å². The number of benzene rings is 2. The standard InChI is InChI=1S/C27H27N3O7/c1-30(2)21-16-10-12-9-15-14(11-4-3-5-13(28)8-11)6-7-17(31)19(15)22(32)18(12)24(34)27(16,37)25(35)20(23(21)33)26(29)36/h3-8,12,16,21,31-32,35,37H,9-10,28H2,1-2H3,(H2,29,36)/t12-,16+,21+,27+/m0/s1. The first kappa shape index (κ1) is 24.5.